The first-order valence-corrected chi connectivity index (χ1v) is 9.35. The van der Waals surface area contributed by atoms with Gasteiger partial charge in [-0.2, -0.15) is 0 Å². The lowest BCUT2D eigenvalue weighted by Gasteiger charge is -2.13. The largest absolute Gasteiger partial charge is 0.497 e. The van der Waals surface area contributed by atoms with Crippen LogP contribution in [0.5, 0.6) is 5.75 Å². The smallest absolute Gasteiger partial charge is 0.255 e. The third kappa shape index (κ3) is 6.81. The van der Waals surface area contributed by atoms with Gasteiger partial charge in [-0.3, -0.25) is 9.59 Å². The Morgan fingerprint density at radius 2 is 1.76 bits per heavy atom. The van der Waals surface area contributed by atoms with Crippen molar-refractivity contribution in [1.29, 1.82) is 0 Å². The standard InChI is InChI=1S/C24H26N2O3/c1-4-5-11-22(24(28)25-17-16-19-9-7-6-8-10-19)18(2)26-23(27)20-12-14-21(29-3)15-13-20/h4-15H,2,16-17H2,1,3H3,(H,25,28)(H,26,27)/b5-4-,22-11+. The summed E-state index contributed by atoms with van der Waals surface area (Å²) in [6, 6.07) is 16.6. The molecule has 2 aromatic carbocycles. The summed E-state index contributed by atoms with van der Waals surface area (Å²) in [5.74, 6) is 0.0204. The van der Waals surface area contributed by atoms with Crippen molar-refractivity contribution in [3.8, 4) is 5.75 Å². The summed E-state index contributed by atoms with van der Waals surface area (Å²) in [5, 5.41) is 5.57. The van der Waals surface area contributed by atoms with Crippen molar-refractivity contribution in [3.05, 3.63) is 102 Å². The summed E-state index contributed by atoms with van der Waals surface area (Å²) in [7, 11) is 1.56. The molecule has 0 saturated carbocycles. The molecule has 0 unspecified atom stereocenters. The van der Waals surface area contributed by atoms with Crippen molar-refractivity contribution >= 4 is 11.8 Å². The Kier molecular flexibility index (Phi) is 8.45. The fourth-order valence-corrected chi connectivity index (χ4v) is 2.58. The van der Waals surface area contributed by atoms with Crippen LogP contribution in [0.3, 0.4) is 0 Å². The normalized spacial score (nSPS) is 11.2. The van der Waals surface area contributed by atoms with Gasteiger partial charge in [0, 0.05) is 17.8 Å². The van der Waals surface area contributed by atoms with E-state index in [1.165, 1.54) is 0 Å². The molecule has 0 atom stereocenters. The molecule has 2 aromatic rings. The molecule has 2 N–H and O–H groups in total. The molecule has 0 fully saturated rings. The second-order valence-corrected chi connectivity index (χ2v) is 6.26. The highest BCUT2D eigenvalue weighted by molar-refractivity contribution is 6.01. The molecule has 2 amide bonds. The fourth-order valence-electron chi connectivity index (χ4n) is 2.58. The maximum absolute atomic E-state index is 12.6. The molecule has 0 bridgehead atoms. The van der Waals surface area contributed by atoms with E-state index >= 15 is 0 Å². The van der Waals surface area contributed by atoms with Crippen LogP contribution in [-0.2, 0) is 11.2 Å². The Hall–Kier alpha value is -3.60. The van der Waals surface area contributed by atoms with Crippen LogP contribution < -0.4 is 15.4 Å². The molecule has 0 aliphatic heterocycles. The third-order valence-corrected chi connectivity index (χ3v) is 4.18. The number of hydrogen-bond donors (Lipinski definition) is 2. The second kappa shape index (κ2) is 11.3. The number of ether oxygens (including phenoxy) is 1. The molecule has 2 rings (SSSR count). The number of benzene rings is 2. The summed E-state index contributed by atoms with van der Waals surface area (Å²) in [6.07, 6.45) is 5.88. The summed E-state index contributed by atoms with van der Waals surface area (Å²) in [6.45, 7) is 6.20. The van der Waals surface area contributed by atoms with Crippen molar-refractivity contribution in [2.45, 2.75) is 13.3 Å². The van der Waals surface area contributed by atoms with E-state index in [-0.39, 0.29) is 17.5 Å². The van der Waals surface area contributed by atoms with Gasteiger partial charge in [0.05, 0.1) is 12.7 Å². The average molecular weight is 390 g/mol. The Bertz CT molecular complexity index is 897. The number of carbonyl (C=O) groups is 2. The lowest BCUT2D eigenvalue weighted by Crippen LogP contribution is -2.32. The van der Waals surface area contributed by atoms with Crippen LogP contribution in [0.1, 0.15) is 22.8 Å². The molecule has 0 saturated heterocycles. The summed E-state index contributed by atoms with van der Waals surface area (Å²) in [4.78, 5) is 25.1. The molecule has 5 nitrogen and oxygen atoms in total. The van der Waals surface area contributed by atoms with Crippen LogP contribution in [0.15, 0.2) is 90.7 Å². The first-order chi connectivity index (χ1) is 14.0. The SMILES string of the molecule is C=C(NC(=O)c1ccc(OC)cc1)/C(=C\C=C/C)C(=O)NCCc1ccccc1. The number of amides is 2. The number of allylic oxidation sites excluding steroid dienone is 3. The number of nitrogens with one attached hydrogen (secondary N) is 2. The van der Waals surface area contributed by atoms with Crippen LogP contribution in [0, 0.1) is 0 Å². The van der Waals surface area contributed by atoms with Gasteiger partial charge in [0.2, 0.25) is 0 Å². The molecule has 0 aliphatic carbocycles. The summed E-state index contributed by atoms with van der Waals surface area (Å²) < 4.78 is 5.09. The molecular weight excluding hydrogens is 364 g/mol. The van der Waals surface area contributed by atoms with Crippen molar-refractivity contribution in [2.24, 2.45) is 0 Å². The minimum absolute atomic E-state index is 0.237. The Morgan fingerprint density at radius 3 is 2.38 bits per heavy atom. The predicted molar refractivity (Wildman–Crippen MR) is 116 cm³/mol. The number of carbonyl (C=O) groups excluding carboxylic acids is 2. The topological polar surface area (TPSA) is 67.4 Å². The maximum Gasteiger partial charge on any atom is 0.255 e. The minimum atomic E-state index is -0.346. The summed E-state index contributed by atoms with van der Waals surface area (Å²) in [5.41, 5.74) is 2.12. The van der Waals surface area contributed by atoms with E-state index in [4.69, 9.17) is 4.74 Å². The number of rotatable bonds is 9. The lowest BCUT2D eigenvalue weighted by atomic mass is 10.1. The molecular formula is C24H26N2O3. The minimum Gasteiger partial charge on any atom is -0.497 e. The van der Waals surface area contributed by atoms with Gasteiger partial charge in [-0.15, -0.1) is 0 Å². The van der Waals surface area contributed by atoms with Gasteiger partial charge in [-0.1, -0.05) is 49.1 Å². The Balaban J connectivity index is 2.00. The van der Waals surface area contributed by atoms with Gasteiger partial charge < -0.3 is 15.4 Å². The van der Waals surface area contributed by atoms with E-state index in [1.807, 2.05) is 37.3 Å². The quantitative estimate of drug-likeness (QED) is 0.506. The molecule has 150 valence electrons. The summed E-state index contributed by atoms with van der Waals surface area (Å²) >= 11 is 0. The monoisotopic (exact) mass is 390 g/mol. The van der Waals surface area contributed by atoms with Gasteiger partial charge in [0.1, 0.15) is 5.75 Å². The van der Waals surface area contributed by atoms with Gasteiger partial charge in [-0.05, 0) is 49.2 Å². The molecule has 0 heterocycles. The van der Waals surface area contributed by atoms with Crippen molar-refractivity contribution < 1.29 is 14.3 Å². The Labute approximate surface area is 171 Å². The van der Waals surface area contributed by atoms with E-state index < -0.39 is 0 Å². The van der Waals surface area contributed by atoms with Gasteiger partial charge >= 0.3 is 0 Å². The predicted octanol–water partition coefficient (Wildman–Crippen LogP) is 3.80. The Morgan fingerprint density at radius 1 is 1.07 bits per heavy atom. The third-order valence-electron chi connectivity index (χ3n) is 4.18. The zero-order valence-corrected chi connectivity index (χ0v) is 16.8. The number of hydrogen-bond acceptors (Lipinski definition) is 3. The molecule has 5 heteroatoms. The second-order valence-electron chi connectivity index (χ2n) is 6.26. The zero-order valence-electron chi connectivity index (χ0n) is 16.8. The first-order valence-electron chi connectivity index (χ1n) is 9.35. The highest BCUT2D eigenvalue weighted by Crippen LogP contribution is 2.13. The van der Waals surface area contributed by atoms with E-state index in [9.17, 15) is 9.59 Å². The van der Waals surface area contributed by atoms with Crippen molar-refractivity contribution in [3.63, 3.8) is 0 Å². The fraction of sp³-hybridized carbons (Fsp3) is 0.167. The molecule has 0 spiro atoms. The molecule has 29 heavy (non-hydrogen) atoms. The van der Waals surface area contributed by atoms with E-state index in [0.717, 1.165) is 5.56 Å². The maximum atomic E-state index is 12.6. The van der Waals surface area contributed by atoms with Crippen molar-refractivity contribution in [1.82, 2.24) is 10.6 Å². The molecule has 0 radical (unpaired) electrons. The molecule has 0 aromatic heterocycles. The zero-order chi connectivity index (χ0) is 21.1. The average Bonchev–Trinajstić information content (AvgIpc) is 2.74. The van der Waals surface area contributed by atoms with Gasteiger partial charge in [-0.25, -0.2) is 0 Å². The molecule has 0 aliphatic rings. The van der Waals surface area contributed by atoms with Crippen LogP contribution >= 0.6 is 0 Å². The van der Waals surface area contributed by atoms with Crippen LogP contribution in [0.4, 0.5) is 0 Å². The van der Waals surface area contributed by atoms with Crippen LogP contribution in [-0.4, -0.2) is 25.5 Å². The van der Waals surface area contributed by atoms with Gasteiger partial charge in [0.25, 0.3) is 11.8 Å². The highest BCUT2D eigenvalue weighted by Gasteiger charge is 2.15. The van der Waals surface area contributed by atoms with Crippen molar-refractivity contribution in [2.75, 3.05) is 13.7 Å². The van der Waals surface area contributed by atoms with Crippen LogP contribution in [0.2, 0.25) is 0 Å². The first kappa shape index (κ1) is 21.7. The lowest BCUT2D eigenvalue weighted by molar-refractivity contribution is -0.117. The highest BCUT2D eigenvalue weighted by atomic mass is 16.5. The van der Waals surface area contributed by atoms with E-state index in [1.54, 1.807) is 49.6 Å². The number of methoxy groups -OCH3 is 1. The van der Waals surface area contributed by atoms with E-state index in [2.05, 4.69) is 17.2 Å². The van der Waals surface area contributed by atoms with E-state index in [0.29, 0.717) is 29.9 Å². The van der Waals surface area contributed by atoms with Gasteiger partial charge in [0.15, 0.2) is 0 Å². The van der Waals surface area contributed by atoms with Crippen LogP contribution in [0.25, 0.3) is 0 Å².